The smallest absolute Gasteiger partial charge is 0.407 e. The average molecular weight is 1070 g/mol. The van der Waals surface area contributed by atoms with Crippen LogP contribution in [0.2, 0.25) is 0 Å². The molecule has 20 nitrogen and oxygen atoms in total. The molecular weight excluding hydrogens is 971 g/mol. The largest absolute Gasteiger partial charge is 0.445 e. The van der Waals surface area contributed by atoms with Gasteiger partial charge < -0.3 is 73.1 Å². The van der Waals surface area contributed by atoms with Crippen LogP contribution in [0.1, 0.15) is 99.0 Å². The summed E-state index contributed by atoms with van der Waals surface area (Å²) >= 11 is 0. The standard InChI is InChI=1S/C55H97N5O15/c1-11-43(6)53(49(66-10)39-51(63)60-21-12-14-44(60)7)59(9)54(64)47(41(2)3)38-48(61)52(42(4)5)58(8)50(62)15-13-22-67-24-26-69-28-30-71-32-34-73-36-37-74-35-33-72-31-29-70-27-25-68-23-20-57-55(65)75-40-45-16-18-46(56)19-17-45/h16-19,41-44,47,49,52-53H,11-15,20-40,56H2,1-10H3,(H,57,65)/t43?,44-,47?,49-,52+,53+/m1/s1. The Kier molecular flexibility index (Phi) is 36.0. The number of carbonyl (C=O) groups is 5. The first-order chi connectivity index (χ1) is 36.0. The van der Waals surface area contributed by atoms with E-state index in [9.17, 15) is 24.0 Å². The van der Waals surface area contributed by atoms with E-state index in [1.54, 1.807) is 50.4 Å². The predicted molar refractivity (Wildman–Crippen MR) is 286 cm³/mol. The maximum Gasteiger partial charge on any atom is 0.407 e. The van der Waals surface area contributed by atoms with Crippen molar-refractivity contribution in [3.8, 4) is 0 Å². The normalized spacial score (nSPS) is 15.7. The summed E-state index contributed by atoms with van der Waals surface area (Å²) in [5.74, 6) is -1.27. The molecule has 1 aromatic carbocycles. The highest BCUT2D eigenvalue weighted by molar-refractivity contribution is 5.93. The van der Waals surface area contributed by atoms with Crippen molar-refractivity contribution in [3.63, 3.8) is 0 Å². The van der Waals surface area contributed by atoms with Gasteiger partial charge >= 0.3 is 6.09 Å². The van der Waals surface area contributed by atoms with Gasteiger partial charge in [0.1, 0.15) is 6.61 Å². The summed E-state index contributed by atoms with van der Waals surface area (Å²) < 4.78 is 55.4. The minimum absolute atomic E-state index is 0.00290. The molecule has 432 valence electrons. The highest BCUT2D eigenvalue weighted by Gasteiger charge is 2.40. The Bertz CT molecular complexity index is 1710. The molecule has 1 fully saturated rings. The lowest BCUT2D eigenvalue weighted by molar-refractivity contribution is -0.148. The maximum atomic E-state index is 14.4. The maximum absolute atomic E-state index is 14.4. The molecule has 0 saturated carbocycles. The molecule has 0 radical (unpaired) electrons. The zero-order chi connectivity index (χ0) is 55.4. The number of Topliss-reactive ketones (excluding diaryl/α,β-unsaturated/α-hetero) is 1. The number of hydrogen-bond donors (Lipinski definition) is 2. The number of rotatable bonds is 44. The fraction of sp³-hybridized carbons (Fsp3) is 0.800. The molecule has 0 aliphatic carbocycles. The van der Waals surface area contributed by atoms with Crippen LogP contribution < -0.4 is 11.1 Å². The Morgan fingerprint density at radius 1 is 0.693 bits per heavy atom. The van der Waals surface area contributed by atoms with E-state index in [4.69, 9.17) is 53.1 Å². The molecule has 20 heteroatoms. The lowest BCUT2D eigenvalue weighted by atomic mass is 9.83. The number of hydrogen-bond acceptors (Lipinski definition) is 16. The summed E-state index contributed by atoms with van der Waals surface area (Å²) in [6.45, 7) is 21.8. The van der Waals surface area contributed by atoms with Gasteiger partial charge in [-0.05, 0) is 61.6 Å². The van der Waals surface area contributed by atoms with E-state index in [-0.39, 0.29) is 79.2 Å². The Balaban J connectivity index is 1.48. The molecule has 1 aliphatic rings. The molecule has 6 atom stereocenters. The number of methoxy groups -OCH3 is 1. The van der Waals surface area contributed by atoms with Gasteiger partial charge in [-0.25, -0.2) is 4.79 Å². The van der Waals surface area contributed by atoms with Crippen molar-refractivity contribution in [2.24, 2.45) is 23.7 Å². The Labute approximate surface area is 448 Å². The third kappa shape index (κ3) is 27.8. The molecule has 75 heavy (non-hydrogen) atoms. The van der Waals surface area contributed by atoms with Crippen LogP contribution in [-0.4, -0.2) is 209 Å². The van der Waals surface area contributed by atoms with Crippen molar-refractivity contribution in [1.82, 2.24) is 20.0 Å². The van der Waals surface area contributed by atoms with Crippen LogP contribution in [0, 0.1) is 23.7 Å². The topological polar surface area (TPSA) is 225 Å². The summed E-state index contributed by atoms with van der Waals surface area (Å²) in [5, 5.41) is 2.63. The number of amides is 4. The number of likely N-dealkylation sites (N-methyl/N-ethyl adjacent to an activating group) is 2. The average Bonchev–Trinajstić information content (AvgIpc) is 3.83. The van der Waals surface area contributed by atoms with Gasteiger partial charge in [0.05, 0.1) is 124 Å². The first-order valence-electron chi connectivity index (χ1n) is 27.3. The molecule has 1 aromatic rings. The Morgan fingerprint density at radius 2 is 1.19 bits per heavy atom. The number of nitrogens with two attached hydrogens (primary N) is 1. The molecule has 0 bridgehead atoms. The van der Waals surface area contributed by atoms with E-state index < -0.39 is 24.2 Å². The van der Waals surface area contributed by atoms with E-state index in [0.29, 0.717) is 124 Å². The second-order valence-electron chi connectivity index (χ2n) is 19.8. The molecule has 0 spiro atoms. The van der Waals surface area contributed by atoms with Gasteiger partial charge in [-0.15, -0.1) is 0 Å². The number of ketones is 1. The molecule has 3 N–H and O–H groups in total. The lowest BCUT2D eigenvalue weighted by Gasteiger charge is -2.40. The Hall–Kier alpha value is -3.99. The van der Waals surface area contributed by atoms with E-state index in [0.717, 1.165) is 31.4 Å². The number of carbonyl (C=O) groups excluding carboxylic acids is 5. The molecular formula is C55H97N5O15. The van der Waals surface area contributed by atoms with Gasteiger partial charge in [0.2, 0.25) is 17.7 Å². The zero-order valence-electron chi connectivity index (χ0n) is 47.4. The van der Waals surface area contributed by atoms with Gasteiger partial charge in [-0.2, -0.15) is 0 Å². The quantitative estimate of drug-likeness (QED) is 0.0616. The molecule has 4 amide bonds. The van der Waals surface area contributed by atoms with Gasteiger partial charge in [0.25, 0.3) is 0 Å². The van der Waals surface area contributed by atoms with Crippen molar-refractivity contribution in [1.29, 1.82) is 0 Å². The van der Waals surface area contributed by atoms with Gasteiger partial charge in [0.15, 0.2) is 5.78 Å². The summed E-state index contributed by atoms with van der Waals surface area (Å²) in [6, 6.07) is 6.27. The van der Waals surface area contributed by atoms with Crippen LogP contribution in [0.3, 0.4) is 0 Å². The van der Waals surface area contributed by atoms with Crippen molar-refractivity contribution in [3.05, 3.63) is 29.8 Å². The first-order valence-corrected chi connectivity index (χ1v) is 27.3. The minimum Gasteiger partial charge on any atom is -0.445 e. The monoisotopic (exact) mass is 1070 g/mol. The second-order valence-corrected chi connectivity index (χ2v) is 19.8. The third-order valence-electron chi connectivity index (χ3n) is 13.4. The lowest BCUT2D eigenvalue weighted by Crippen LogP contribution is -2.53. The van der Waals surface area contributed by atoms with E-state index in [1.807, 2.05) is 32.6 Å². The number of likely N-dealkylation sites (tertiary alicyclic amines) is 1. The van der Waals surface area contributed by atoms with Crippen LogP contribution >= 0.6 is 0 Å². The summed E-state index contributed by atoms with van der Waals surface area (Å²) in [4.78, 5) is 72.1. The number of nitrogen functional groups attached to an aromatic ring is 1. The summed E-state index contributed by atoms with van der Waals surface area (Å²) in [5.41, 5.74) is 7.16. The predicted octanol–water partition coefficient (Wildman–Crippen LogP) is 5.41. The first kappa shape index (κ1) is 67.1. The minimum atomic E-state index is -0.684. The number of nitrogens with zero attached hydrogens (tertiary/aromatic N) is 3. The Morgan fingerprint density at radius 3 is 1.63 bits per heavy atom. The van der Waals surface area contributed by atoms with Crippen LogP contribution in [0.4, 0.5) is 10.5 Å². The van der Waals surface area contributed by atoms with Crippen molar-refractivity contribution in [2.75, 3.05) is 146 Å². The molecule has 2 unspecified atom stereocenters. The molecule has 1 heterocycles. The fourth-order valence-electron chi connectivity index (χ4n) is 8.90. The van der Waals surface area contributed by atoms with Crippen LogP contribution in [0.15, 0.2) is 24.3 Å². The van der Waals surface area contributed by atoms with E-state index in [1.165, 1.54) is 4.90 Å². The highest BCUT2D eigenvalue weighted by Crippen LogP contribution is 2.29. The van der Waals surface area contributed by atoms with Gasteiger partial charge in [-0.3, -0.25) is 19.2 Å². The molecule has 0 aromatic heterocycles. The molecule has 1 saturated heterocycles. The summed E-state index contributed by atoms with van der Waals surface area (Å²) in [6.07, 6.45) is 2.64. The number of ether oxygens (including phenoxy) is 10. The van der Waals surface area contributed by atoms with Crippen molar-refractivity contribution in [2.45, 2.75) is 124 Å². The zero-order valence-corrected chi connectivity index (χ0v) is 47.4. The van der Waals surface area contributed by atoms with E-state index in [2.05, 4.69) is 26.1 Å². The van der Waals surface area contributed by atoms with Crippen molar-refractivity contribution < 1.29 is 71.3 Å². The second kappa shape index (κ2) is 40.3. The van der Waals surface area contributed by atoms with Gasteiger partial charge in [0, 0.05) is 71.4 Å². The highest BCUT2D eigenvalue weighted by atomic mass is 16.6. The van der Waals surface area contributed by atoms with E-state index >= 15 is 0 Å². The van der Waals surface area contributed by atoms with Crippen LogP contribution in [-0.2, 0) is 73.2 Å². The molecule has 2 rings (SSSR count). The van der Waals surface area contributed by atoms with Crippen LogP contribution in [0.5, 0.6) is 0 Å². The number of benzene rings is 1. The van der Waals surface area contributed by atoms with Crippen LogP contribution in [0.25, 0.3) is 0 Å². The van der Waals surface area contributed by atoms with Crippen molar-refractivity contribution >= 4 is 35.3 Å². The summed E-state index contributed by atoms with van der Waals surface area (Å²) in [7, 11) is 5.03. The fourth-order valence-corrected chi connectivity index (χ4v) is 8.90. The third-order valence-corrected chi connectivity index (χ3v) is 13.4. The SMILES string of the molecule is CCC(C)[C@@H]([C@@H](CC(=O)N1CCC[C@H]1C)OC)N(C)C(=O)C(CC(=O)[C@H](C(C)C)N(C)C(=O)CCCOCCOCCOCCOCCOCCOCCOCCOCCNC(=O)OCc1ccc(N)cc1)C(C)C. The van der Waals surface area contributed by atoms with Gasteiger partial charge in [-0.1, -0.05) is 60.1 Å². The number of alkyl carbamates (subject to hydrolysis) is 1. The molecule has 1 aliphatic heterocycles. The number of nitrogens with one attached hydrogen (secondary N) is 1. The number of anilines is 1.